The van der Waals surface area contributed by atoms with E-state index in [0.29, 0.717) is 21.7 Å². The molecule has 0 radical (unpaired) electrons. The van der Waals surface area contributed by atoms with Crippen LogP contribution in [0.1, 0.15) is 558 Å². The summed E-state index contributed by atoms with van der Waals surface area (Å²) in [7, 11) is 0. The van der Waals surface area contributed by atoms with Crippen LogP contribution < -0.4 is 0 Å². The minimum atomic E-state index is 0.409. The Bertz CT molecular complexity index is 3680. The minimum Gasteiger partial charge on any atom is -0.295 e. The standard InChI is InChI=1S/C138H232BN3/c1-135(2,3)107-69-99-53-55-101-71-109(137(7,8)9)83-120-114(79-105(73-107)128(99)130(101)120)97-61-67-124-122(81-97)139-123-82-98(115-80-106-74-108(136(4,5)6)70-100-54-56-102-72-110(138(10,11)12)84-121(115)131(102)129(100)106)62-68-125(123)142(134-118(95-49-33-19-34-50-95)77-104(90-43-27-16-28-44-90)78-119(134)96-51-35-20-36-52-96)127-86-113(140(111-63-57-91(58-64-111)87-37-21-13-22-38-87)112-65-59-92(60-66-112)88-39-23-14-24-40-88)85-126(132(127)139)141(124)133-116(93-45-29-17-30-46-93)75-103(89-41-25-15-26-42-89)76-117(133)94-47-31-18-32-48-94/h87-134H,13-86H2,1-12H3. The Labute approximate surface area is 880 Å². The molecule has 25 aliphatic rings. The molecule has 142 heavy (non-hydrogen) atoms. The average molecular weight is 1940 g/mol. The minimum absolute atomic E-state index is 0.409. The van der Waals surface area contributed by atoms with Gasteiger partial charge in [-0.15, -0.1) is 0 Å². The molecule has 3 nitrogen and oxygen atoms in total. The second-order valence-corrected chi connectivity index (χ2v) is 66.1. The van der Waals surface area contributed by atoms with Gasteiger partial charge in [-0.05, 0) is 458 Å². The van der Waals surface area contributed by atoms with Crippen LogP contribution in [0.3, 0.4) is 0 Å². The van der Waals surface area contributed by atoms with Crippen LogP contribution in [0, 0.1) is 235 Å². The fraction of sp³-hybridized carbons (Fsp3) is 1.00. The number of hydrogen-bond donors (Lipinski definition) is 0. The Morgan fingerprint density at radius 2 is 0.408 bits per heavy atom. The molecule has 25 rings (SSSR count). The van der Waals surface area contributed by atoms with Gasteiger partial charge in [0.1, 0.15) is 0 Å². The van der Waals surface area contributed by atoms with Gasteiger partial charge < -0.3 is 0 Å². The molecule has 0 aromatic heterocycles. The molecular weight excluding hydrogens is 1710 g/mol. The van der Waals surface area contributed by atoms with Gasteiger partial charge in [-0.1, -0.05) is 353 Å². The van der Waals surface area contributed by atoms with Crippen LogP contribution in [0.5, 0.6) is 0 Å². The number of nitrogens with zero attached hydrogens (tertiary/aromatic N) is 3. The van der Waals surface area contributed by atoms with E-state index >= 15 is 0 Å². The highest BCUT2D eigenvalue weighted by Gasteiger charge is 2.72. The molecule has 802 valence electrons. The summed E-state index contributed by atoms with van der Waals surface area (Å²) in [6, 6.07) is 7.27. The van der Waals surface area contributed by atoms with Crippen LogP contribution in [-0.4, -0.2) is 75.8 Å². The summed E-state index contributed by atoms with van der Waals surface area (Å²) >= 11 is 0. The van der Waals surface area contributed by atoms with E-state index in [-0.39, 0.29) is 0 Å². The molecule has 2 saturated heterocycles. The van der Waals surface area contributed by atoms with E-state index in [4.69, 9.17) is 0 Å². The smallest absolute Gasteiger partial charge is 0.156 e. The molecule has 23 saturated carbocycles. The van der Waals surface area contributed by atoms with Crippen LogP contribution in [0.4, 0.5) is 0 Å². The molecule has 25 fully saturated rings. The van der Waals surface area contributed by atoms with E-state index in [2.05, 4.69) is 97.8 Å². The molecule has 0 spiro atoms. The molecule has 0 bridgehead atoms. The molecule has 0 aromatic rings. The zero-order valence-corrected chi connectivity index (χ0v) is 96.0. The third-order valence-electron chi connectivity index (χ3n) is 56.4. The Balaban J connectivity index is 0.705. The molecular formula is C138H232BN3. The van der Waals surface area contributed by atoms with Crippen molar-refractivity contribution in [2.75, 3.05) is 0 Å². The number of fused-ring (bicyclic) bond motifs is 4. The predicted octanol–water partition coefficient (Wildman–Crippen LogP) is 38.4. The van der Waals surface area contributed by atoms with Crippen LogP contribution in [0.2, 0.25) is 17.5 Å². The second kappa shape index (κ2) is 42.8. The lowest BCUT2D eigenvalue weighted by Crippen LogP contribution is -2.78. The van der Waals surface area contributed by atoms with Crippen molar-refractivity contribution in [3.8, 4) is 0 Å². The van der Waals surface area contributed by atoms with Gasteiger partial charge in [0.05, 0.1) is 0 Å². The summed E-state index contributed by atoms with van der Waals surface area (Å²) in [6.45, 7) is 34.2. The Morgan fingerprint density at radius 1 is 0.169 bits per heavy atom. The van der Waals surface area contributed by atoms with E-state index < -0.39 is 0 Å². The summed E-state index contributed by atoms with van der Waals surface area (Å²) in [6.07, 6.45) is 118. The summed E-state index contributed by atoms with van der Waals surface area (Å²) in [4.78, 5) is 12.3. The monoisotopic (exact) mass is 1940 g/mol. The van der Waals surface area contributed by atoms with Crippen LogP contribution in [0.25, 0.3) is 0 Å². The number of rotatable bonds is 15. The van der Waals surface area contributed by atoms with Gasteiger partial charge in [-0.25, -0.2) is 0 Å². The number of hydrogen-bond acceptors (Lipinski definition) is 3. The van der Waals surface area contributed by atoms with Gasteiger partial charge >= 0.3 is 0 Å². The van der Waals surface area contributed by atoms with Gasteiger partial charge in [0, 0.05) is 54.4 Å². The highest BCUT2D eigenvalue weighted by Crippen LogP contribution is 2.75. The van der Waals surface area contributed by atoms with Gasteiger partial charge in [0.2, 0.25) is 0 Å². The first kappa shape index (κ1) is 102. The van der Waals surface area contributed by atoms with Crippen molar-refractivity contribution >= 4 is 6.71 Å². The topological polar surface area (TPSA) is 9.72 Å². The van der Waals surface area contributed by atoms with Crippen LogP contribution >= 0.6 is 0 Å². The van der Waals surface area contributed by atoms with Crippen molar-refractivity contribution < 1.29 is 0 Å². The second-order valence-electron chi connectivity index (χ2n) is 66.1. The van der Waals surface area contributed by atoms with Crippen molar-refractivity contribution in [2.24, 2.45) is 235 Å². The molecule has 0 N–H and O–H groups in total. The first-order valence-corrected chi connectivity index (χ1v) is 68.2. The SMILES string of the molecule is CC(C)(C)C1CC2CCC3CC(C(C)(C)C)CC4C(C5CCC6C(C5)B5C7CC(C8CC9CC(C(C)(C)C)CC%10CCC%11CC(C(C)(C)C)CC8C%11C%109)CCC7N(C7C(C8CCCCC8)CC(C8CCCCC8)CC7C7CCCCC7)C7CC(N(C8CCC(C9CCCCC9)CC8)C8CCC(C9CCCCC9)CC8)CC(C57)N6C5C(C6CCCCC6)CC(C6CCCCC6)CC5C5CCCCC5)CC(C1)C2C34. The quantitative estimate of drug-likeness (QED) is 0.151. The lowest BCUT2D eigenvalue weighted by molar-refractivity contribution is -0.162. The molecule has 30 atom stereocenters. The summed E-state index contributed by atoms with van der Waals surface area (Å²) in [5.41, 5.74) is 1.67. The van der Waals surface area contributed by atoms with Gasteiger partial charge in [0.15, 0.2) is 6.71 Å². The Kier molecular flexibility index (Phi) is 30.9. The van der Waals surface area contributed by atoms with Gasteiger partial charge in [0.25, 0.3) is 0 Å². The van der Waals surface area contributed by atoms with Gasteiger partial charge in [-0.2, -0.15) is 0 Å². The molecule has 4 heteroatoms. The maximum absolute atomic E-state index is 4.21. The fourth-order valence-electron chi connectivity index (χ4n) is 50.2. The molecule has 2 aliphatic heterocycles. The molecule has 0 amide bonds. The third kappa shape index (κ3) is 20.0. The predicted molar refractivity (Wildman–Crippen MR) is 602 cm³/mol. The lowest BCUT2D eigenvalue weighted by atomic mass is 9.17. The average Bonchev–Trinajstić information content (AvgIpc) is 0.680. The summed E-state index contributed by atoms with van der Waals surface area (Å²) in [5.74, 6) is 38.1. The zero-order chi connectivity index (χ0) is 96.3. The molecule has 2 heterocycles. The van der Waals surface area contributed by atoms with Gasteiger partial charge in [-0.3, -0.25) is 14.7 Å². The lowest BCUT2D eigenvalue weighted by Gasteiger charge is -2.73. The Hall–Kier alpha value is -0.0551. The zero-order valence-electron chi connectivity index (χ0n) is 96.0. The van der Waals surface area contributed by atoms with Crippen LogP contribution in [-0.2, 0) is 0 Å². The summed E-state index contributed by atoms with van der Waals surface area (Å²) < 4.78 is 0. The van der Waals surface area contributed by atoms with Crippen LogP contribution in [0.15, 0.2) is 0 Å². The molecule has 0 aromatic carbocycles. The van der Waals surface area contributed by atoms with Crippen molar-refractivity contribution in [3.05, 3.63) is 0 Å². The first-order valence-electron chi connectivity index (χ1n) is 68.2. The van der Waals surface area contributed by atoms with E-state index in [9.17, 15) is 0 Å². The maximum Gasteiger partial charge on any atom is 0.156 e. The largest absolute Gasteiger partial charge is 0.295 e. The van der Waals surface area contributed by atoms with E-state index in [1.165, 1.54) is 25.7 Å². The fourth-order valence-corrected chi connectivity index (χ4v) is 50.2. The Morgan fingerprint density at radius 3 is 0.704 bits per heavy atom. The van der Waals surface area contributed by atoms with E-state index in [1.807, 2.05) is 0 Å². The van der Waals surface area contributed by atoms with E-state index in [0.717, 1.165) is 292 Å². The maximum atomic E-state index is 4.21. The highest BCUT2D eigenvalue weighted by molar-refractivity contribution is 6.65. The van der Waals surface area contributed by atoms with Crippen molar-refractivity contribution in [3.63, 3.8) is 0 Å². The first-order chi connectivity index (χ1) is 68.9. The van der Waals surface area contributed by atoms with Crippen molar-refractivity contribution in [1.29, 1.82) is 0 Å². The normalized spacial score (nSPS) is 48.8. The summed E-state index contributed by atoms with van der Waals surface area (Å²) in [5, 5.41) is 0. The van der Waals surface area contributed by atoms with Crippen molar-refractivity contribution in [2.45, 2.75) is 630 Å². The highest BCUT2D eigenvalue weighted by atomic mass is 15.3. The van der Waals surface area contributed by atoms with Crippen molar-refractivity contribution in [1.82, 2.24) is 14.7 Å². The van der Waals surface area contributed by atoms with E-state index in [1.54, 1.807) is 449 Å². The third-order valence-corrected chi connectivity index (χ3v) is 56.4. The molecule has 23 aliphatic carbocycles. The molecule has 30 unspecified atom stereocenters.